The van der Waals surface area contributed by atoms with E-state index in [0.717, 1.165) is 17.8 Å². The van der Waals surface area contributed by atoms with Crippen molar-refractivity contribution in [2.75, 3.05) is 0 Å². The Balaban J connectivity index is 1.35. The number of imidazole rings is 1. The van der Waals surface area contributed by atoms with Crippen LogP contribution in [0.2, 0.25) is 0 Å². The molecule has 2 aliphatic rings. The molecule has 2 unspecified atom stereocenters. The number of aromatic nitrogens is 2. The van der Waals surface area contributed by atoms with E-state index in [-0.39, 0.29) is 0 Å². The summed E-state index contributed by atoms with van der Waals surface area (Å²) in [5.41, 5.74) is 1.32. The maximum Gasteiger partial charge on any atom is 0.0921 e. The van der Waals surface area contributed by atoms with Crippen molar-refractivity contribution in [3.8, 4) is 0 Å². The zero-order valence-corrected chi connectivity index (χ0v) is 11.1. The Morgan fingerprint density at radius 2 is 2.17 bits per heavy atom. The third-order valence-electron chi connectivity index (χ3n) is 4.61. The SMILES string of the molecule is C(=C\C1CC1c1cnc[nH]1)/CCC1CCCCC1. The first kappa shape index (κ1) is 12.0. The standard InChI is InChI=1S/C16H24N2/c1-2-6-13(7-3-1)8-4-5-9-14-10-15(14)16-11-17-12-18-16/h5,9,11-15H,1-4,6-8,10H2,(H,17,18)/b9-5+. The predicted octanol–water partition coefficient (Wildman–Crippen LogP) is 4.43. The van der Waals surface area contributed by atoms with Gasteiger partial charge >= 0.3 is 0 Å². The molecule has 0 aliphatic heterocycles. The van der Waals surface area contributed by atoms with Crippen LogP contribution in [-0.2, 0) is 0 Å². The first-order valence-electron chi connectivity index (χ1n) is 7.58. The minimum Gasteiger partial charge on any atom is -0.348 e. The molecule has 2 saturated carbocycles. The van der Waals surface area contributed by atoms with E-state index in [1.807, 2.05) is 6.20 Å². The molecule has 0 spiro atoms. The van der Waals surface area contributed by atoms with Crippen molar-refractivity contribution in [1.82, 2.24) is 9.97 Å². The molecule has 3 rings (SSSR count). The molecule has 1 N–H and O–H groups in total. The van der Waals surface area contributed by atoms with E-state index in [1.54, 1.807) is 6.33 Å². The topological polar surface area (TPSA) is 28.7 Å². The van der Waals surface area contributed by atoms with Crippen molar-refractivity contribution >= 4 is 0 Å². The summed E-state index contributed by atoms with van der Waals surface area (Å²) in [6, 6.07) is 0. The molecular formula is C16H24N2. The zero-order chi connectivity index (χ0) is 12.2. The number of aromatic amines is 1. The maximum atomic E-state index is 4.10. The summed E-state index contributed by atoms with van der Waals surface area (Å²) in [7, 11) is 0. The van der Waals surface area contributed by atoms with Crippen LogP contribution < -0.4 is 0 Å². The monoisotopic (exact) mass is 244 g/mol. The van der Waals surface area contributed by atoms with Crippen molar-refractivity contribution in [2.45, 2.75) is 57.3 Å². The molecule has 1 heterocycles. The second-order valence-corrected chi connectivity index (χ2v) is 6.02. The van der Waals surface area contributed by atoms with Crippen LogP contribution in [0.4, 0.5) is 0 Å². The fourth-order valence-electron chi connectivity index (χ4n) is 3.33. The van der Waals surface area contributed by atoms with Crippen LogP contribution in [0.25, 0.3) is 0 Å². The van der Waals surface area contributed by atoms with Gasteiger partial charge in [-0.2, -0.15) is 0 Å². The third-order valence-corrected chi connectivity index (χ3v) is 4.61. The fraction of sp³-hybridized carbons (Fsp3) is 0.688. The molecule has 2 fully saturated rings. The van der Waals surface area contributed by atoms with Gasteiger partial charge in [-0.1, -0.05) is 44.3 Å². The lowest BCUT2D eigenvalue weighted by Crippen LogP contribution is -2.05. The van der Waals surface area contributed by atoms with Crippen LogP contribution in [0.1, 0.15) is 63.0 Å². The third kappa shape index (κ3) is 3.04. The van der Waals surface area contributed by atoms with E-state index >= 15 is 0 Å². The molecule has 0 aromatic carbocycles. The van der Waals surface area contributed by atoms with E-state index in [0.29, 0.717) is 0 Å². The zero-order valence-electron chi connectivity index (χ0n) is 11.1. The van der Waals surface area contributed by atoms with Gasteiger partial charge in [-0.15, -0.1) is 0 Å². The highest BCUT2D eigenvalue weighted by Gasteiger charge is 2.36. The Morgan fingerprint density at radius 3 is 2.94 bits per heavy atom. The minimum atomic E-state index is 0.721. The molecule has 2 nitrogen and oxygen atoms in total. The highest BCUT2D eigenvalue weighted by atomic mass is 14.9. The predicted molar refractivity (Wildman–Crippen MR) is 74.4 cm³/mol. The van der Waals surface area contributed by atoms with Crippen LogP contribution >= 0.6 is 0 Å². The molecule has 0 amide bonds. The van der Waals surface area contributed by atoms with E-state index in [2.05, 4.69) is 22.1 Å². The van der Waals surface area contributed by atoms with Crippen molar-refractivity contribution in [1.29, 1.82) is 0 Å². The van der Waals surface area contributed by atoms with Crippen molar-refractivity contribution in [3.05, 3.63) is 30.4 Å². The second kappa shape index (κ2) is 5.73. The number of rotatable bonds is 5. The van der Waals surface area contributed by atoms with Crippen LogP contribution in [-0.4, -0.2) is 9.97 Å². The van der Waals surface area contributed by atoms with Gasteiger partial charge < -0.3 is 4.98 Å². The summed E-state index contributed by atoms with van der Waals surface area (Å²) in [4.78, 5) is 7.32. The Hall–Kier alpha value is -1.05. The summed E-state index contributed by atoms with van der Waals surface area (Å²) in [5.74, 6) is 2.52. The number of hydrogen-bond donors (Lipinski definition) is 1. The molecule has 0 saturated heterocycles. The number of nitrogens with one attached hydrogen (secondary N) is 1. The number of nitrogens with zero attached hydrogens (tertiary/aromatic N) is 1. The van der Waals surface area contributed by atoms with Crippen molar-refractivity contribution in [2.24, 2.45) is 11.8 Å². The molecule has 0 bridgehead atoms. The van der Waals surface area contributed by atoms with Crippen LogP contribution in [0.5, 0.6) is 0 Å². The highest BCUT2D eigenvalue weighted by Crippen LogP contribution is 2.47. The Kier molecular flexibility index (Phi) is 3.82. The van der Waals surface area contributed by atoms with Gasteiger partial charge in [0.25, 0.3) is 0 Å². The molecule has 2 heteroatoms. The molecule has 0 radical (unpaired) electrons. The largest absolute Gasteiger partial charge is 0.348 e. The number of H-pyrrole nitrogens is 1. The number of hydrogen-bond acceptors (Lipinski definition) is 1. The lowest BCUT2D eigenvalue weighted by Gasteiger charge is -2.20. The summed E-state index contributed by atoms with van der Waals surface area (Å²) < 4.78 is 0. The quantitative estimate of drug-likeness (QED) is 0.763. The van der Waals surface area contributed by atoms with Gasteiger partial charge in [0.05, 0.1) is 6.33 Å². The summed E-state index contributed by atoms with van der Waals surface area (Å²) in [6.45, 7) is 0. The highest BCUT2D eigenvalue weighted by molar-refractivity contribution is 5.19. The van der Waals surface area contributed by atoms with Crippen molar-refractivity contribution in [3.63, 3.8) is 0 Å². The lowest BCUT2D eigenvalue weighted by atomic mass is 9.86. The van der Waals surface area contributed by atoms with E-state index in [4.69, 9.17) is 0 Å². The van der Waals surface area contributed by atoms with Crippen molar-refractivity contribution < 1.29 is 0 Å². The summed E-state index contributed by atoms with van der Waals surface area (Å²) >= 11 is 0. The lowest BCUT2D eigenvalue weighted by molar-refractivity contribution is 0.341. The molecule has 98 valence electrons. The summed E-state index contributed by atoms with van der Waals surface area (Å²) in [6.07, 6.45) is 20.0. The van der Waals surface area contributed by atoms with E-state index < -0.39 is 0 Å². The van der Waals surface area contributed by atoms with Crippen LogP contribution in [0, 0.1) is 11.8 Å². The molecule has 1 aromatic rings. The second-order valence-electron chi connectivity index (χ2n) is 6.02. The molecular weight excluding hydrogens is 220 g/mol. The molecule has 2 aliphatic carbocycles. The van der Waals surface area contributed by atoms with Gasteiger partial charge in [0, 0.05) is 17.8 Å². The Bertz CT molecular complexity index is 374. The molecule has 1 aromatic heterocycles. The van der Waals surface area contributed by atoms with Crippen LogP contribution in [0.3, 0.4) is 0 Å². The molecule has 2 atom stereocenters. The average molecular weight is 244 g/mol. The first-order valence-corrected chi connectivity index (χ1v) is 7.58. The normalized spacial score (nSPS) is 28.9. The summed E-state index contributed by atoms with van der Waals surface area (Å²) in [5, 5.41) is 0. The Labute approximate surface area is 110 Å². The van der Waals surface area contributed by atoms with Gasteiger partial charge in [-0.25, -0.2) is 4.98 Å². The van der Waals surface area contributed by atoms with Gasteiger partial charge in [0.15, 0.2) is 0 Å². The number of allylic oxidation sites excluding steroid dienone is 2. The minimum absolute atomic E-state index is 0.721. The van der Waals surface area contributed by atoms with E-state index in [1.165, 1.54) is 57.1 Å². The molecule has 18 heavy (non-hydrogen) atoms. The Morgan fingerprint density at radius 1 is 1.28 bits per heavy atom. The van der Waals surface area contributed by atoms with Gasteiger partial charge in [0.1, 0.15) is 0 Å². The fourth-order valence-corrected chi connectivity index (χ4v) is 3.33. The van der Waals surface area contributed by atoms with Gasteiger partial charge in [-0.05, 0) is 31.1 Å². The first-order chi connectivity index (χ1) is 8.93. The smallest absolute Gasteiger partial charge is 0.0921 e. The maximum absolute atomic E-state index is 4.10. The van der Waals surface area contributed by atoms with Gasteiger partial charge in [-0.3, -0.25) is 0 Å². The van der Waals surface area contributed by atoms with Gasteiger partial charge in [0.2, 0.25) is 0 Å². The van der Waals surface area contributed by atoms with Crippen LogP contribution in [0.15, 0.2) is 24.7 Å². The average Bonchev–Trinajstić information content (AvgIpc) is 2.98. The van der Waals surface area contributed by atoms with E-state index in [9.17, 15) is 0 Å².